The fraction of sp³-hybridized carbons (Fsp3) is 0.350. The molecule has 0 aliphatic carbocycles. The van der Waals surface area contributed by atoms with Crippen LogP contribution in [0.3, 0.4) is 0 Å². The lowest BCUT2D eigenvalue weighted by molar-refractivity contribution is -0.140. The van der Waals surface area contributed by atoms with Crippen LogP contribution in [-0.4, -0.2) is 30.6 Å². The highest BCUT2D eigenvalue weighted by atomic mass is 19.1. The molecule has 0 bridgehead atoms. The number of carbonyl (C=O) groups is 1. The van der Waals surface area contributed by atoms with Crippen LogP contribution in [0.5, 0.6) is 11.5 Å². The Hall–Kier alpha value is -2.56. The molecule has 1 amide bonds. The van der Waals surface area contributed by atoms with E-state index in [1.54, 1.807) is 31.1 Å². The zero-order chi connectivity index (χ0) is 18.4. The van der Waals surface area contributed by atoms with Gasteiger partial charge in [-0.2, -0.15) is 0 Å². The van der Waals surface area contributed by atoms with Crippen LogP contribution in [0.4, 0.5) is 4.39 Å². The second kappa shape index (κ2) is 8.51. The quantitative estimate of drug-likeness (QED) is 0.754. The van der Waals surface area contributed by atoms with E-state index >= 15 is 0 Å². The molecule has 25 heavy (non-hydrogen) atoms. The maximum absolute atomic E-state index is 13.3. The molecule has 0 radical (unpaired) electrons. The first-order chi connectivity index (χ1) is 12.0. The predicted octanol–water partition coefficient (Wildman–Crippen LogP) is 4.21. The van der Waals surface area contributed by atoms with Gasteiger partial charge in [0.15, 0.2) is 6.10 Å². The number of nitrogens with zero attached hydrogens (tertiary/aromatic N) is 1. The van der Waals surface area contributed by atoms with Gasteiger partial charge >= 0.3 is 0 Å². The minimum absolute atomic E-state index is 0.133. The van der Waals surface area contributed by atoms with Gasteiger partial charge in [-0.05, 0) is 50.6 Å². The van der Waals surface area contributed by atoms with Crippen molar-refractivity contribution < 1.29 is 18.7 Å². The lowest BCUT2D eigenvalue weighted by Gasteiger charge is -2.31. The third kappa shape index (κ3) is 4.72. The van der Waals surface area contributed by atoms with E-state index < -0.39 is 11.9 Å². The zero-order valence-corrected chi connectivity index (χ0v) is 15.0. The van der Waals surface area contributed by atoms with Crippen molar-refractivity contribution >= 4 is 5.91 Å². The molecule has 2 aromatic rings. The number of halogens is 1. The van der Waals surface area contributed by atoms with Crippen LogP contribution in [0.2, 0.25) is 0 Å². The molecular weight excluding hydrogens is 321 g/mol. The Kier molecular flexibility index (Phi) is 6.39. The number of hydrogen-bond acceptors (Lipinski definition) is 3. The molecule has 0 aromatic heterocycles. The smallest absolute Gasteiger partial charge is 0.263 e. The van der Waals surface area contributed by atoms with Gasteiger partial charge in [0.1, 0.15) is 17.3 Å². The molecule has 0 saturated carbocycles. The van der Waals surface area contributed by atoms with Gasteiger partial charge in [-0.3, -0.25) is 4.79 Å². The second-order valence-electron chi connectivity index (χ2n) is 5.79. The Labute approximate surface area is 148 Å². The molecule has 5 heteroatoms. The first-order valence-corrected chi connectivity index (χ1v) is 8.33. The molecule has 2 atom stereocenters. The van der Waals surface area contributed by atoms with Crippen LogP contribution in [-0.2, 0) is 4.79 Å². The normalized spacial score (nSPS) is 13.0. The summed E-state index contributed by atoms with van der Waals surface area (Å²) in [4.78, 5) is 14.5. The molecule has 2 rings (SSSR count). The largest absolute Gasteiger partial charge is 0.497 e. The van der Waals surface area contributed by atoms with E-state index in [0.717, 1.165) is 11.3 Å². The molecular formula is C20H24FNO3. The Morgan fingerprint density at radius 2 is 1.80 bits per heavy atom. The van der Waals surface area contributed by atoms with Crippen LogP contribution in [0.15, 0.2) is 48.5 Å². The highest BCUT2D eigenvalue weighted by Gasteiger charge is 2.26. The standard InChI is InChI=1S/C20H24FNO3/c1-5-22(14(2)16-8-6-10-18(12-16)24-4)20(23)15(3)25-19-11-7-9-17(21)13-19/h6-15H,5H2,1-4H3. The maximum atomic E-state index is 13.3. The number of methoxy groups -OCH3 is 1. The van der Waals surface area contributed by atoms with Crippen molar-refractivity contribution in [2.75, 3.05) is 13.7 Å². The summed E-state index contributed by atoms with van der Waals surface area (Å²) in [6.45, 7) is 6.09. The van der Waals surface area contributed by atoms with Gasteiger partial charge in [0.05, 0.1) is 13.2 Å². The van der Waals surface area contributed by atoms with Crippen molar-refractivity contribution in [3.8, 4) is 11.5 Å². The van der Waals surface area contributed by atoms with Gasteiger partial charge in [-0.15, -0.1) is 0 Å². The van der Waals surface area contributed by atoms with E-state index in [2.05, 4.69) is 0 Å². The van der Waals surface area contributed by atoms with Crippen LogP contribution in [0.25, 0.3) is 0 Å². The van der Waals surface area contributed by atoms with Crippen molar-refractivity contribution in [2.45, 2.75) is 32.9 Å². The van der Waals surface area contributed by atoms with Gasteiger partial charge in [-0.1, -0.05) is 18.2 Å². The Bertz CT molecular complexity index is 720. The number of ether oxygens (including phenoxy) is 2. The number of amides is 1. The van der Waals surface area contributed by atoms with E-state index in [9.17, 15) is 9.18 Å². The topological polar surface area (TPSA) is 38.8 Å². The lowest BCUT2D eigenvalue weighted by Crippen LogP contribution is -2.41. The number of likely N-dealkylation sites (N-methyl/N-ethyl adjacent to an activating group) is 1. The monoisotopic (exact) mass is 345 g/mol. The molecule has 0 saturated heterocycles. The summed E-state index contributed by atoms with van der Waals surface area (Å²) in [5.74, 6) is 0.541. The fourth-order valence-electron chi connectivity index (χ4n) is 2.73. The summed E-state index contributed by atoms with van der Waals surface area (Å²) in [7, 11) is 1.61. The third-order valence-corrected chi connectivity index (χ3v) is 4.12. The Balaban J connectivity index is 2.13. The SMILES string of the molecule is CCN(C(=O)C(C)Oc1cccc(F)c1)C(C)c1cccc(OC)c1. The second-order valence-corrected chi connectivity index (χ2v) is 5.79. The summed E-state index contributed by atoms with van der Waals surface area (Å²) in [6.07, 6.45) is -0.713. The van der Waals surface area contributed by atoms with Crippen molar-refractivity contribution in [2.24, 2.45) is 0 Å². The summed E-state index contributed by atoms with van der Waals surface area (Å²) in [5.41, 5.74) is 0.979. The zero-order valence-electron chi connectivity index (χ0n) is 15.0. The molecule has 0 spiro atoms. The van der Waals surface area contributed by atoms with Crippen molar-refractivity contribution in [1.29, 1.82) is 0 Å². The Morgan fingerprint density at radius 1 is 1.12 bits per heavy atom. The first kappa shape index (κ1) is 18.8. The van der Waals surface area contributed by atoms with E-state index in [4.69, 9.17) is 9.47 Å². The van der Waals surface area contributed by atoms with Gasteiger partial charge in [0.25, 0.3) is 5.91 Å². The van der Waals surface area contributed by atoms with Gasteiger partial charge < -0.3 is 14.4 Å². The summed E-state index contributed by atoms with van der Waals surface area (Å²) in [5, 5.41) is 0. The van der Waals surface area contributed by atoms with Crippen molar-refractivity contribution in [3.05, 3.63) is 59.9 Å². The van der Waals surface area contributed by atoms with Gasteiger partial charge in [-0.25, -0.2) is 4.39 Å². The van der Waals surface area contributed by atoms with E-state index in [0.29, 0.717) is 12.3 Å². The number of hydrogen-bond donors (Lipinski definition) is 0. The average molecular weight is 345 g/mol. The van der Waals surface area contributed by atoms with Crippen LogP contribution in [0.1, 0.15) is 32.4 Å². The highest BCUT2D eigenvalue weighted by Crippen LogP contribution is 2.25. The molecule has 134 valence electrons. The summed E-state index contributed by atoms with van der Waals surface area (Å²) >= 11 is 0. The van der Waals surface area contributed by atoms with E-state index in [1.807, 2.05) is 38.1 Å². The molecule has 0 aliphatic rings. The highest BCUT2D eigenvalue weighted by molar-refractivity contribution is 5.81. The third-order valence-electron chi connectivity index (χ3n) is 4.12. The fourth-order valence-corrected chi connectivity index (χ4v) is 2.73. The molecule has 2 aromatic carbocycles. The summed E-state index contributed by atoms with van der Waals surface area (Å²) < 4.78 is 24.1. The predicted molar refractivity (Wildman–Crippen MR) is 95.3 cm³/mol. The average Bonchev–Trinajstić information content (AvgIpc) is 2.62. The minimum Gasteiger partial charge on any atom is -0.497 e. The van der Waals surface area contributed by atoms with Crippen molar-refractivity contribution in [3.63, 3.8) is 0 Å². The minimum atomic E-state index is -0.713. The molecule has 0 heterocycles. The maximum Gasteiger partial charge on any atom is 0.263 e. The molecule has 0 fully saturated rings. The van der Waals surface area contributed by atoms with E-state index in [1.165, 1.54) is 12.1 Å². The lowest BCUT2D eigenvalue weighted by atomic mass is 10.1. The number of rotatable bonds is 7. The van der Waals surface area contributed by atoms with Gasteiger partial charge in [0.2, 0.25) is 0 Å². The van der Waals surface area contributed by atoms with Crippen LogP contribution < -0.4 is 9.47 Å². The van der Waals surface area contributed by atoms with Crippen LogP contribution >= 0.6 is 0 Å². The first-order valence-electron chi connectivity index (χ1n) is 8.33. The molecule has 2 unspecified atom stereocenters. The number of carbonyl (C=O) groups excluding carboxylic acids is 1. The Morgan fingerprint density at radius 3 is 2.44 bits per heavy atom. The number of benzene rings is 2. The molecule has 4 nitrogen and oxygen atoms in total. The molecule has 0 N–H and O–H groups in total. The molecule has 0 aliphatic heterocycles. The van der Waals surface area contributed by atoms with Crippen LogP contribution in [0, 0.1) is 5.82 Å². The van der Waals surface area contributed by atoms with Gasteiger partial charge in [0, 0.05) is 12.6 Å². The van der Waals surface area contributed by atoms with E-state index in [-0.39, 0.29) is 11.9 Å². The summed E-state index contributed by atoms with van der Waals surface area (Å²) in [6, 6.07) is 13.3. The van der Waals surface area contributed by atoms with Crippen molar-refractivity contribution in [1.82, 2.24) is 4.90 Å².